The van der Waals surface area contributed by atoms with Gasteiger partial charge in [-0.2, -0.15) is 26.3 Å². The van der Waals surface area contributed by atoms with Gasteiger partial charge < -0.3 is 9.84 Å². The summed E-state index contributed by atoms with van der Waals surface area (Å²) in [6.45, 7) is 3.61. The van der Waals surface area contributed by atoms with Gasteiger partial charge in [-0.25, -0.2) is 0 Å². The van der Waals surface area contributed by atoms with Crippen molar-refractivity contribution in [3.05, 3.63) is 12.8 Å². The fraction of sp³-hybridized carbons (Fsp3) is 0.857. The predicted octanol–water partition coefficient (Wildman–Crippen LogP) is 4.05. The summed E-state index contributed by atoms with van der Waals surface area (Å²) in [6, 6.07) is 0. The van der Waals surface area contributed by atoms with Crippen molar-refractivity contribution in [2.24, 2.45) is 23.7 Å². The van der Waals surface area contributed by atoms with E-state index in [2.05, 4.69) is 6.58 Å². The minimum atomic E-state index is -5.74. The molecule has 0 aromatic rings. The third kappa shape index (κ3) is 2.94. The van der Waals surface area contributed by atoms with Gasteiger partial charge >= 0.3 is 12.4 Å². The van der Waals surface area contributed by atoms with Gasteiger partial charge in [0.05, 0.1) is 12.9 Å². The van der Waals surface area contributed by atoms with Gasteiger partial charge in [0.1, 0.15) is 0 Å². The number of ether oxygens (including phenoxy) is 1. The van der Waals surface area contributed by atoms with Crippen LogP contribution in [0.15, 0.2) is 12.8 Å². The van der Waals surface area contributed by atoms with Gasteiger partial charge in [-0.1, -0.05) is 6.58 Å². The van der Waals surface area contributed by atoms with Crippen molar-refractivity contribution in [1.82, 2.24) is 0 Å². The third-order valence-electron chi connectivity index (χ3n) is 5.01. The van der Waals surface area contributed by atoms with Crippen molar-refractivity contribution in [3.8, 4) is 0 Å². The molecule has 0 heterocycles. The van der Waals surface area contributed by atoms with Gasteiger partial charge in [0, 0.05) is 0 Å². The monoisotopic (exact) mass is 332 g/mol. The molecule has 0 aromatic heterocycles. The summed E-state index contributed by atoms with van der Waals surface area (Å²) in [6.07, 6.45) is -9.95. The van der Waals surface area contributed by atoms with Gasteiger partial charge in [-0.05, 0) is 49.4 Å². The van der Waals surface area contributed by atoms with Crippen molar-refractivity contribution in [3.63, 3.8) is 0 Å². The molecule has 1 N–H and O–H groups in total. The van der Waals surface area contributed by atoms with Crippen LogP contribution < -0.4 is 0 Å². The lowest BCUT2D eigenvalue weighted by molar-refractivity contribution is -0.373. The van der Waals surface area contributed by atoms with E-state index in [0.29, 0.717) is 12.8 Å². The lowest BCUT2D eigenvalue weighted by Crippen LogP contribution is -2.58. The highest BCUT2D eigenvalue weighted by Crippen LogP contribution is 2.57. The third-order valence-corrected chi connectivity index (χ3v) is 5.01. The molecule has 2 aliphatic rings. The van der Waals surface area contributed by atoms with Crippen LogP contribution in [0.4, 0.5) is 26.3 Å². The van der Waals surface area contributed by atoms with Gasteiger partial charge in [0.15, 0.2) is 0 Å². The predicted molar refractivity (Wildman–Crippen MR) is 65.6 cm³/mol. The van der Waals surface area contributed by atoms with Gasteiger partial charge in [0.2, 0.25) is 0 Å². The van der Waals surface area contributed by atoms with E-state index >= 15 is 0 Å². The number of alkyl halides is 6. The Morgan fingerprint density at radius 3 is 2.00 bits per heavy atom. The largest absolute Gasteiger partial charge is 0.502 e. The Labute approximate surface area is 124 Å². The van der Waals surface area contributed by atoms with Crippen LogP contribution in [0.5, 0.6) is 0 Å². The normalized spacial score (nSPS) is 32.3. The average molecular weight is 332 g/mol. The smallest absolute Gasteiger partial charge is 0.426 e. The summed E-state index contributed by atoms with van der Waals surface area (Å²) in [5.41, 5.74) is -4.64. The molecule has 0 radical (unpaired) electrons. The maximum atomic E-state index is 12.8. The summed E-state index contributed by atoms with van der Waals surface area (Å²) in [7, 11) is 0. The van der Waals surface area contributed by atoms with Crippen molar-refractivity contribution >= 4 is 0 Å². The molecule has 2 fully saturated rings. The number of hydrogen-bond acceptors (Lipinski definition) is 2. The number of hydrogen-bond donors (Lipinski definition) is 1. The molecule has 0 spiro atoms. The summed E-state index contributed by atoms with van der Waals surface area (Å²) in [5, 5.41) is 9.34. The molecule has 2 bridgehead atoms. The Hall–Kier alpha value is -0.920. The van der Waals surface area contributed by atoms with Gasteiger partial charge in [-0.3, -0.25) is 0 Å². The molecule has 2 rings (SSSR count). The average Bonchev–Trinajstić information content (AvgIpc) is 2.92. The van der Waals surface area contributed by atoms with E-state index in [9.17, 15) is 31.4 Å². The first kappa shape index (κ1) is 17.4. The first-order valence-corrected chi connectivity index (χ1v) is 7.08. The van der Waals surface area contributed by atoms with E-state index in [-0.39, 0.29) is 24.4 Å². The molecule has 0 aromatic carbocycles. The highest BCUT2D eigenvalue weighted by molar-refractivity contribution is 5.02. The number of fused-ring (bicyclic) bond motifs is 2. The molecular formula is C14H18F6O2. The highest BCUT2D eigenvalue weighted by atomic mass is 19.4. The number of rotatable bonds is 5. The fourth-order valence-corrected chi connectivity index (χ4v) is 4.04. The lowest BCUT2D eigenvalue weighted by atomic mass is 9.75. The van der Waals surface area contributed by atoms with E-state index in [1.807, 2.05) is 0 Å². The maximum Gasteiger partial charge on any atom is 0.426 e. The van der Waals surface area contributed by atoms with Crippen molar-refractivity contribution in [1.29, 1.82) is 0 Å². The molecule has 0 amide bonds. The molecule has 4 unspecified atom stereocenters. The second-order valence-electron chi connectivity index (χ2n) is 6.32. The molecular weight excluding hydrogens is 314 g/mol. The zero-order chi connectivity index (χ0) is 16.8. The van der Waals surface area contributed by atoms with Crippen LogP contribution in [0.3, 0.4) is 0 Å². The summed E-state index contributed by atoms with van der Waals surface area (Å²) in [4.78, 5) is 0. The van der Waals surface area contributed by atoms with E-state index in [1.54, 1.807) is 0 Å². The Balaban J connectivity index is 2.13. The maximum absolute atomic E-state index is 12.8. The topological polar surface area (TPSA) is 29.5 Å². The zero-order valence-corrected chi connectivity index (χ0v) is 11.8. The molecule has 2 aliphatic carbocycles. The SMILES string of the molecule is C=COCC1CC2CC(CC(O)(C(F)(F)F)C(F)(F)F)C1C2. The molecule has 2 nitrogen and oxygen atoms in total. The fourth-order valence-electron chi connectivity index (χ4n) is 4.04. The Bertz CT molecular complexity index is 403. The van der Waals surface area contributed by atoms with Gasteiger partial charge in [-0.15, -0.1) is 0 Å². The zero-order valence-electron chi connectivity index (χ0n) is 11.8. The van der Waals surface area contributed by atoms with Crippen LogP contribution in [0.25, 0.3) is 0 Å². The van der Waals surface area contributed by atoms with E-state index in [1.165, 1.54) is 6.26 Å². The molecule has 128 valence electrons. The molecule has 2 saturated carbocycles. The van der Waals surface area contributed by atoms with Crippen LogP contribution >= 0.6 is 0 Å². The van der Waals surface area contributed by atoms with Crippen LogP contribution in [-0.4, -0.2) is 29.7 Å². The molecule has 0 saturated heterocycles. The summed E-state index contributed by atoms with van der Waals surface area (Å²) < 4.78 is 81.8. The minimum absolute atomic E-state index is 0.0764. The van der Waals surface area contributed by atoms with Crippen LogP contribution in [-0.2, 0) is 4.74 Å². The van der Waals surface area contributed by atoms with E-state index in [0.717, 1.165) is 6.42 Å². The van der Waals surface area contributed by atoms with Crippen molar-refractivity contribution in [2.75, 3.05) is 6.61 Å². The van der Waals surface area contributed by atoms with E-state index < -0.39 is 30.3 Å². The number of halogens is 6. The van der Waals surface area contributed by atoms with Crippen molar-refractivity contribution < 1.29 is 36.2 Å². The molecule has 0 aliphatic heterocycles. The van der Waals surface area contributed by atoms with E-state index in [4.69, 9.17) is 4.74 Å². The standard InChI is InChI=1S/C14H18F6O2/c1-2-22-7-10-4-8-3-9(11(10)5-8)6-12(21,13(15,16)17)14(18,19)20/h2,8-11,21H,1,3-7H2. The Kier molecular flexibility index (Phi) is 4.45. The highest BCUT2D eigenvalue weighted by Gasteiger charge is 2.71. The number of aliphatic hydroxyl groups is 1. The quantitative estimate of drug-likeness (QED) is 0.608. The molecule has 4 atom stereocenters. The van der Waals surface area contributed by atoms with Crippen LogP contribution in [0, 0.1) is 23.7 Å². The Morgan fingerprint density at radius 1 is 1.00 bits per heavy atom. The first-order valence-electron chi connectivity index (χ1n) is 7.08. The van der Waals surface area contributed by atoms with Crippen LogP contribution in [0.2, 0.25) is 0 Å². The lowest BCUT2D eigenvalue weighted by Gasteiger charge is -2.38. The molecule has 8 heteroatoms. The summed E-state index contributed by atoms with van der Waals surface area (Å²) >= 11 is 0. The van der Waals surface area contributed by atoms with Gasteiger partial charge in [0.25, 0.3) is 5.60 Å². The van der Waals surface area contributed by atoms with Crippen molar-refractivity contribution in [2.45, 2.75) is 43.6 Å². The summed E-state index contributed by atoms with van der Waals surface area (Å²) in [5.74, 6) is -1.04. The minimum Gasteiger partial charge on any atom is -0.502 e. The Morgan fingerprint density at radius 2 is 1.55 bits per heavy atom. The molecule has 22 heavy (non-hydrogen) atoms. The second kappa shape index (κ2) is 5.62. The first-order chi connectivity index (χ1) is 9.99. The second-order valence-corrected chi connectivity index (χ2v) is 6.32. The van der Waals surface area contributed by atoms with Crippen LogP contribution in [0.1, 0.15) is 25.7 Å².